The van der Waals surface area contributed by atoms with Crippen LogP contribution in [-0.2, 0) is 12.3 Å². The third-order valence-electron chi connectivity index (χ3n) is 4.89. The number of aromatic nitrogens is 3. The van der Waals surface area contributed by atoms with E-state index in [0.717, 1.165) is 41.4 Å². The quantitative estimate of drug-likeness (QED) is 0.346. The van der Waals surface area contributed by atoms with Gasteiger partial charge in [0.1, 0.15) is 5.76 Å². The number of para-hydroxylation sites is 1. The number of rotatable bonds is 6. The Morgan fingerprint density at radius 2 is 2.15 bits per heavy atom. The Bertz CT molecular complexity index is 1040. The number of fused-ring (bicyclic) bond motifs is 1. The molecule has 6 heteroatoms. The van der Waals surface area contributed by atoms with Crippen molar-refractivity contribution in [2.45, 2.75) is 56.5 Å². The number of thioether (sulfide) groups is 1. The van der Waals surface area contributed by atoms with E-state index in [1.165, 1.54) is 30.2 Å². The molecule has 0 saturated heterocycles. The highest BCUT2D eigenvalue weighted by atomic mass is 32.2. The van der Waals surface area contributed by atoms with Gasteiger partial charge in [-0.2, -0.15) is 0 Å². The first-order valence-electron chi connectivity index (χ1n) is 9.43. The number of aryl methyl sites for hydroxylation is 1. The van der Waals surface area contributed by atoms with Gasteiger partial charge in [-0.25, -0.2) is 4.98 Å². The van der Waals surface area contributed by atoms with E-state index >= 15 is 0 Å². The molecular formula is C21H23N3O2S. The van der Waals surface area contributed by atoms with E-state index < -0.39 is 0 Å². The number of allylic oxidation sites excluding steroid dienone is 2. The zero-order valence-electron chi connectivity index (χ0n) is 15.5. The van der Waals surface area contributed by atoms with Crippen LogP contribution in [0.25, 0.3) is 10.9 Å². The highest BCUT2D eigenvalue weighted by Gasteiger charge is 2.14. The summed E-state index contributed by atoms with van der Waals surface area (Å²) in [6.45, 7) is 2.55. The van der Waals surface area contributed by atoms with Crippen LogP contribution in [0.2, 0.25) is 0 Å². The molecule has 5 nitrogen and oxygen atoms in total. The Hall–Kier alpha value is -2.34. The third kappa shape index (κ3) is 4.16. The van der Waals surface area contributed by atoms with E-state index in [-0.39, 0.29) is 5.56 Å². The standard InChI is InChI=1S/C21H23N3O2S/c1-15-13-17(23-26-15)14-27-21-22-19-10-6-5-9-18(19)20(25)24(21)12-11-16-7-3-2-4-8-16/h5-7,9-10,13H,2-4,8,11-12,14H2,1H3. The fraction of sp³-hybridized carbons (Fsp3) is 0.381. The molecule has 1 aromatic carbocycles. The summed E-state index contributed by atoms with van der Waals surface area (Å²) in [5.74, 6) is 1.42. The monoisotopic (exact) mass is 381 g/mol. The summed E-state index contributed by atoms with van der Waals surface area (Å²) >= 11 is 1.54. The zero-order valence-corrected chi connectivity index (χ0v) is 16.3. The molecule has 2 aromatic heterocycles. The van der Waals surface area contributed by atoms with Gasteiger partial charge in [-0.05, 0) is 51.2 Å². The van der Waals surface area contributed by atoms with Crippen molar-refractivity contribution < 1.29 is 4.52 Å². The van der Waals surface area contributed by atoms with Crippen molar-refractivity contribution in [3.63, 3.8) is 0 Å². The molecule has 2 heterocycles. The zero-order chi connectivity index (χ0) is 18.6. The number of benzene rings is 1. The van der Waals surface area contributed by atoms with Crippen molar-refractivity contribution in [1.82, 2.24) is 14.7 Å². The maximum atomic E-state index is 13.1. The fourth-order valence-electron chi connectivity index (χ4n) is 3.47. The molecule has 140 valence electrons. The molecule has 0 N–H and O–H groups in total. The van der Waals surface area contributed by atoms with E-state index in [4.69, 9.17) is 9.51 Å². The van der Waals surface area contributed by atoms with Gasteiger partial charge in [0.15, 0.2) is 5.16 Å². The first-order valence-corrected chi connectivity index (χ1v) is 10.4. The lowest BCUT2D eigenvalue weighted by Gasteiger charge is -2.16. The van der Waals surface area contributed by atoms with Crippen LogP contribution in [0, 0.1) is 6.92 Å². The molecule has 0 spiro atoms. The van der Waals surface area contributed by atoms with Crippen molar-refractivity contribution in [1.29, 1.82) is 0 Å². The molecular weight excluding hydrogens is 358 g/mol. The summed E-state index contributed by atoms with van der Waals surface area (Å²) in [7, 11) is 0. The molecule has 1 aliphatic rings. The molecule has 0 aliphatic heterocycles. The largest absolute Gasteiger partial charge is 0.361 e. The van der Waals surface area contributed by atoms with Crippen LogP contribution < -0.4 is 5.56 Å². The third-order valence-corrected chi connectivity index (χ3v) is 5.90. The Labute approximate surface area is 162 Å². The van der Waals surface area contributed by atoms with Gasteiger partial charge >= 0.3 is 0 Å². The van der Waals surface area contributed by atoms with E-state index in [1.807, 2.05) is 41.8 Å². The summed E-state index contributed by atoms with van der Waals surface area (Å²) in [5.41, 5.74) is 3.11. The van der Waals surface area contributed by atoms with Gasteiger partial charge in [-0.15, -0.1) is 0 Å². The average Bonchev–Trinajstić information content (AvgIpc) is 3.12. The topological polar surface area (TPSA) is 60.9 Å². The lowest BCUT2D eigenvalue weighted by atomic mass is 9.97. The van der Waals surface area contributed by atoms with Crippen LogP contribution in [-0.4, -0.2) is 14.7 Å². The highest BCUT2D eigenvalue weighted by molar-refractivity contribution is 7.98. The van der Waals surface area contributed by atoms with Crippen LogP contribution in [0.5, 0.6) is 0 Å². The summed E-state index contributed by atoms with van der Waals surface area (Å²) in [6.07, 6.45) is 8.09. The van der Waals surface area contributed by atoms with Crippen molar-refractivity contribution in [3.8, 4) is 0 Å². The first-order chi connectivity index (χ1) is 13.2. The molecule has 27 heavy (non-hydrogen) atoms. The van der Waals surface area contributed by atoms with E-state index in [2.05, 4.69) is 11.2 Å². The molecule has 0 unspecified atom stereocenters. The van der Waals surface area contributed by atoms with Crippen molar-refractivity contribution in [3.05, 3.63) is 63.8 Å². The molecule has 4 rings (SSSR count). The maximum Gasteiger partial charge on any atom is 0.262 e. The second-order valence-electron chi connectivity index (χ2n) is 6.94. The molecule has 3 aromatic rings. The normalized spacial score (nSPS) is 14.5. The van der Waals surface area contributed by atoms with Gasteiger partial charge in [0.2, 0.25) is 0 Å². The number of hydrogen-bond donors (Lipinski definition) is 0. The van der Waals surface area contributed by atoms with Crippen LogP contribution >= 0.6 is 11.8 Å². The Kier molecular flexibility index (Phi) is 5.43. The van der Waals surface area contributed by atoms with E-state index in [1.54, 1.807) is 0 Å². The smallest absolute Gasteiger partial charge is 0.262 e. The first kappa shape index (κ1) is 18.0. The molecule has 0 radical (unpaired) electrons. The van der Waals surface area contributed by atoms with Gasteiger partial charge < -0.3 is 4.52 Å². The molecule has 0 saturated carbocycles. The van der Waals surface area contributed by atoms with Crippen LogP contribution in [0.3, 0.4) is 0 Å². The highest BCUT2D eigenvalue weighted by Crippen LogP contribution is 2.24. The summed E-state index contributed by atoms with van der Waals surface area (Å²) < 4.78 is 6.97. The molecule has 0 bridgehead atoms. The van der Waals surface area contributed by atoms with Crippen molar-refractivity contribution in [2.75, 3.05) is 0 Å². The van der Waals surface area contributed by atoms with Gasteiger partial charge in [0.05, 0.1) is 16.6 Å². The molecule has 1 aliphatic carbocycles. The minimum absolute atomic E-state index is 0.0378. The minimum atomic E-state index is 0.0378. The maximum absolute atomic E-state index is 13.1. The average molecular weight is 382 g/mol. The Morgan fingerprint density at radius 1 is 1.26 bits per heavy atom. The summed E-state index contributed by atoms with van der Waals surface area (Å²) in [4.78, 5) is 17.9. The number of hydrogen-bond acceptors (Lipinski definition) is 5. The predicted octanol–water partition coefficient (Wildman–Crippen LogP) is 4.88. The van der Waals surface area contributed by atoms with E-state index in [9.17, 15) is 4.79 Å². The predicted molar refractivity (Wildman–Crippen MR) is 108 cm³/mol. The second-order valence-corrected chi connectivity index (χ2v) is 7.89. The molecule has 0 amide bonds. The van der Waals surface area contributed by atoms with Crippen molar-refractivity contribution >= 4 is 22.7 Å². The van der Waals surface area contributed by atoms with Crippen LogP contribution in [0.4, 0.5) is 0 Å². The minimum Gasteiger partial charge on any atom is -0.361 e. The SMILES string of the molecule is Cc1cc(CSc2nc3ccccc3c(=O)n2CCC2=CCCCC2)no1. The Balaban J connectivity index is 1.64. The fourth-order valence-corrected chi connectivity index (χ4v) is 4.37. The van der Waals surface area contributed by atoms with Gasteiger partial charge in [0, 0.05) is 18.4 Å². The van der Waals surface area contributed by atoms with Gasteiger partial charge in [0.25, 0.3) is 5.56 Å². The number of nitrogens with zero attached hydrogens (tertiary/aromatic N) is 3. The molecule has 0 fully saturated rings. The van der Waals surface area contributed by atoms with Gasteiger partial charge in [-0.1, -0.05) is 40.7 Å². The van der Waals surface area contributed by atoms with Gasteiger partial charge in [-0.3, -0.25) is 9.36 Å². The van der Waals surface area contributed by atoms with Crippen LogP contribution in [0.15, 0.2) is 56.5 Å². The van der Waals surface area contributed by atoms with Crippen LogP contribution in [0.1, 0.15) is 43.6 Å². The summed E-state index contributed by atoms with van der Waals surface area (Å²) in [6, 6.07) is 9.49. The lowest BCUT2D eigenvalue weighted by molar-refractivity contribution is 0.393. The Morgan fingerprint density at radius 3 is 2.93 bits per heavy atom. The summed E-state index contributed by atoms with van der Waals surface area (Å²) in [5, 5.41) is 5.47. The van der Waals surface area contributed by atoms with Crippen molar-refractivity contribution in [2.24, 2.45) is 0 Å². The lowest BCUT2D eigenvalue weighted by Crippen LogP contribution is -2.24. The molecule has 0 atom stereocenters. The second kappa shape index (κ2) is 8.13. The van der Waals surface area contributed by atoms with E-state index in [0.29, 0.717) is 17.7 Å².